The van der Waals surface area contributed by atoms with Crippen molar-refractivity contribution in [3.8, 4) is 23.0 Å². The lowest BCUT2D eigenvalue weighted by molar-refractivity contribution is 0.0240. The maximum Gasteiger partial charge on any atom is 0.410 e. The number of aliphatic imine (C=N–C) groups is 1. The Morgan fingerprint density at radius 1 is 1.11 bits per heavy atom. The van der Waals surface area contributed by atoms with Crippen LogP contribution in [0, 0.1) is 5.92 Å². The average molecular weight is 631 g/mol. The highest BCUT2D eigenvalue weighted by Crippen LogP contribution is 2.38. The summed E-state index contributed by atoms with van der Waals surface area (Å²) in [4.78, 5) is 41.6. The standard InChI is InChI=1S/C33H42N8O5/c1-21-8-7-15-45-30-24(19-34-38(30)5)26-16-22(17-28(35-26)44-6)29(42)37-31-36-25-10-9-23(18-27(25)41(31)20-21)39-11-13-40(14-12-39)32(43)46-33(2,3)4/h9-10,16-19,21H,7-8,11-15,20H2,1-6H3,(H,36,37,42)/t21-/m1/s1. The molecule has 2 aromatic heterocycles. The number of carbonyl (C=O) groups excluding carboxylic acids is 2. The van der Waals surface area contributed by atoms with Gasteiger partial charge in [-0.05, 0) is 63.8 Å². The second-order valence-corrected chi connectivity index (χ2v) is 13.0. The van der Waals surface area contributed by atoms with Gasteiger partial charge in [-0.3, -0.25) is 4.79 Å². The van der Waals surface area contributed by atoms with Crippen LogP contribution in [0.25, 0.3) is 11.3 Å². The van der Waals surface area contributed by atoms with Crippen LogP contribution in [0.5, 0.6) is 11.8 Å². The average Bonchev–Trinajstić information content (AvgIpc) is 3.56. The highest BCUT2D eigenvalue weighted by molar-refractivity contribution is 6.19. The third-order valence-corrected chi connectivity index (χ3v) is 8.27. The smallest absolute Gasteiger partial charge is 0.410 e. The monoisotopic (exact) mass is 630 g/mol. The molecule has 46 heavy (non-hydrogen) atoms. The van der Waals surface area contributed by atoms with Gasteiger partial charge in [-0.25, -0.2) is 14.5 Å². The Hall–Kier alpha value is -4.81. The molecule has 0 unspecified atom stereocenters. The molecule has 3 aliphatic rings. The first-order chi connectivity index (χ1) is 22.0. The Morgan fingerprint density at radius 2 is 1.89 bits per heavy atom. The molecule has 244 valence electrons. The second kappa shape index (κ2) is 12.5. The lowest BCUT2D eigenvalue weighted by Crippen LogP contribution is -2.50. The Labute approximate surface area is 269 Å². The topological polar surface area (TPSA) is 127 Å². The molecule has 2 bridgehead atoms. The van der Waals surface area contributed by atoms with Gasteiger partial charge in [0.2, 0.25) is 17.7 Å². The first kappa shape index (κ1) is 31.2. The van der Waals surface area contributed by atoms with Gasteiger partial charge in [0.15, 0.2) is 0 Å². The number of nitrogens with zero attached hydrogens (tertiary/aromatic N) is 7. The fourth-order valence-corrected chi connectivity index (χ4v) is 5.90. The number of guanidine groups is 1. The number of ether oxygens (including phenoxy) is 3. The normalized spacial score (nSPS) is 19.8. The summed E-state index contributed by atoms with van der Waals surface area (Å²) in [5.41, 5.74) is 3.89. The molecule has 1 fully saturated rings. The quantitative estimate of drug-likeness (QED) is 0.423. The van der Waals surface area contributed by atoms with Gasteiger partial charge in [0.05, 0.1) is 42.5 Å². The van der Waals surface area contributed by atoms with Crippen molar-refractivity contribution in [2.24, 2.45) is 18.0 Å². The number of fused-ring (bicyclic) bond motifs is 7. The number of aryl methyl sites for hydroxylation is 1. The van der Waals surface area contributed by atoms with Gasteiger partial charge in [0.1, 0.15) is 5.60 Å². The lowest BCUT2D eigenvalue weighted by atomic mass is 10.0. The van der Waals surface area contributed by atoms with E-state index in [4.69, 9.17) is 14.2 Å². The molecule has 13 heteroatoms. The number of carbonyl (C=O) groups is 2. The van der Waals surface area contributed by atoms with E-state index < -0.39 is 11.5 Å². The van der Waals surface area contributed by atoms with Gasteiger partial charge >= 0.3 is 6.09 Å². The number of aromatic nitrogens is 3. The van der Waals surface area contributed by atoms with E-state index in [1.807, 2.05) is 33.9 Å². The molecule has 6 rings (SSSR count). The van der Waals surface area contributed by atoms with Crippen LogP contribution in [0.2, 0.25) is 0 Å². The number of benzene rings is 1. The van der Waals surface area contributed by atoms with Crippen molar-refractivity contribution < 1.29 is 23.8 Å². The third kappa shape index (κ3) is 6.58. The van der Waals surface area contributed by atoms with Crippen molar-refractivity contribution in [2.45, 2.75) is 46.1 Å². The Kier molecular flexibility index (Phi) is 8.49. The van der Waals surface area contributed by atoms with Gasteiger partial charge in [0.25, 0.3) is 5.91 Å². The minimum Gasteiger partial charge on any atom is -0.481 e. The van der Waals surface area contributed by atoms with Gasteiger partial charge < -0.3 is 34.2 Å². The fraction of sp³-hybridized carbons (Fsp3) is 0.485. The molecule has 1 aromatic carbocycles. The van der Waals surface area contributed by atoms with E-state index in [-0.39, 0.29) is 12.0 Å². The SMILES string of the molecule is COc1cc2cc(n1)-c1cnn(C)c1OCCC[C@@H](C)CN1/C(=N/C2=O)Nc2ccc(N3CCN(C(=O)OC(C)(C)C)CC3)cc21. The number of piperazine rings is 1. The molecule has 3 aromatic rings. The molecule has 2 amide bonds. The second-order valence-electron chi connectivity index (χ2n) is 13.0. The molecular weight excluding hydrogens is 588 g/mol. The molecular formula is C33H42N8O5. The number of methoxy groups -OCH3 is 1. The maximum absolute atomic E-state index is 13.7. The van der Waals surface area contributed by atoms with E-state index in [0.29, 0.717) is 73.9 Å². The molecule has 1 atom stereocenters. The van der Waals surface area contributed by atoms with E-state index in [9.17, 15) is 9.59 Å². The van der Waals surface area contributed by atoms with Crippen molar-refractivity contribution in [2.75, 3.05) is 61.6 Å². The summed E-state index contributed by atoms with van der Waals surface area (Å²) in [6.07, 6.45) is 3.15. The zero-order valence-corrected chi connectivity index (χ0v) is 27.4. The van der Waals surface area contributed by atoms with Gasteiger partial charge in [0, 0.05) is 57.1 Å². The summed E-state index contributed by atoms with van der Waals surface area (Å²) in [7, 11) is 3.34. The highest BCUT2D eigenvalue weighted by Gasteiger charge is 2.31. The number of hydrogen-bond donors (Lipinski definition) is 1. The molecule has 0 radical (unpaired) electrons. The van der Waals surface area contributed by atoms with E-state index >= 15 is 0 Å². The predicted octanol–water partition coefficient (Wildman–Crippen LogP) is 4.78. The zero-order valence-electron chi connectivity index (χ0n) is 27.4. The number of nitrogens with one attached hydrogen (secondary N) is 1. The summed E-state index contributed by atoms with van der Waals surface area (Å²) in [5, 5.41) is 7.76. The summed E-state index contributed by atoms with van der Waals surface area (Å²) >= 11 is 0. The van der Waals surface area contributed by atoms with Crippen LogP contribution in [0.15, 0.2) is 41.5 Å². The minimum atomic E-state index is -0.528. The van der Waals surface area contributed by atoms with Crippen LogP contribution in [0.4, 0.5) is 21.9 Å². The summed E-state index contributed by atoms with van der Waals surface area (Å²) in [5.74, 6) is 1.21. The Bertz CT molecular complexity index is 1650. The summed E-state index contributed by atoms with van der Waals surface area (Å²) < 4.78 is 18.9. The third-order valence-electron chi connectivity index (χ3n) is 8.27. The molecule has 1 saturated heterocycles. The molecule has 5 heterocycles. The zero-order chi connectivity index (χ0) is 32.6. The number of amides is 2. The lowest BCUT2D eigenvalue weighted by Gasteiger charge is -2.37. The maximum atomic E-state index is 13.7. The van der Waals surface area contributed by atoms with Crippen molar-refractivity contribution in [3.63, 3.8) is 0 Å². The molecule has 3 aliphatic heterocycles. The number of anilines is 3. The number of pyridine rings is 1. The molecule has 1 N–H and O–H groups in total. The van der Waals surface area contributed by atoms with Crippen molar-refractivity contribution >= 4 is 35.0 Å². The fourth-order valence-electron chi connectivity index (χ4n) is 5.90. The largest absolute Gasteiger partial charge is 0.481 e. The van der Waals surface area contributed by atoms with E-state index in [2.05, 4.69) is 49.2 Å². The summed E-state index contributed by atoms with van der Waals surface area (Å²) in [6.45, 7) is 11.5. The van der Waals surface area contributed by atoms with Crippen molar-refractivity contribution in [1.29, 1.82) is 0 Å². The van der Waals surface area contributed by atoms with Gasteiger partial charge in [-0.1, -0.05) is 6.92 Å². The first-order valence-electron chi connectivity index (χ1n) is 15.7. The van der Waals surface area contributed by atoms with E-state index in [1.54, 1.807) is 27.9 Å². The number of hydrogen-bond acceptors (Lipinski definition) is 10. The van der Waals surface area contributed by atoms with Crippen LogP contribution < -0.4 is 24.6 Å². The van der Waals surface area contributed by atoms with Gasteiger partial charge in [-0.2, -0.15) is 10.1 Å². The molecule has 0 saturated carbocycles. The minimum absolute atomic E-state index is 0.275. The molecule has 0 aliphatic carbocycles. The summed E-state index contributed by atoms with van der Waals surface area (Å²) in [6, 6.07) is 9.52. The van der Waals surface area contributed by atoms with E-state index in [0.717, 1.165) is 29.9 Å². The van der Waals surface area contributed by atoms with Crippen LogP contribution in [0.3, 0.4) is 0 Å². The van der Waals surface area contributed by atoms with Crippen molar-refractivity contribution in [1.82, 2.24) is 19.7 Å². The van der Waals surface area contributed by atoms with Crippen molar-refractivity contribution in [3.05, 3.63) is 42.1 Å². The Morgan fingerprint density at radius 3 is 2.63 bits per heavy atom. The van der Waals surface area contributed by atoms with Crippen LogP contribution in [0.1, 0.15) is 50.9 Å². The van der Waals surface area contributed by atoms with Crippen LogP contribution in [-0.2, 0) is 11.8 Å². The Balaban J connectivity index is 1.29. The predicted molar refractivity (Wildman–Crippen MR) is 176 cm³/mol. The number of rotatable bonds is 2. The molecule has 13 nitrogen and oxygen atoms in total. The molecule has 0 spiro atoms. The van der Waals surface area contributed by atoms with E-state index in [1.165, 1.54) is 7.11 Å². The first-order valence-corrected chi connectivity index (χ1v) is 15.7. The highest BCUT2D eigenvalue weighted by atomic mass is 16.6. The van der Waals surface area contributed by atoms with Crippen LogP contribution in [-0.4, -0.2) is 89.7 Å². The van der Waals surface area contributed by atoms with Crippen LogP contribution >= 0.6 is 0 Å². The van der Waals surface area contributed by atoms with Gasteiger partial charge in [-0.15, -0.1) is 0 Å².